The number of esters is 1. The van der Waals surface area contributed by atoms with E-state index in [9.17, 15) is 19.2 Å². The minimum absolute atomic E-state index is 0.283. The molecule has 2 amide bonds. The lowest BCUT2D eigenvalue weighted by Crippen LogP contribution is -2.44. The number of likely N-dealkylation sites (tertiary alicyclic amines) is 1. The number of imide groups is 1. The molecule has 144 valence electrons. The lowest BCUT2D eigenvalue weighted by atomic mass is 9.81. The third-order valence-corrected chi connectivity index (χ3v) is 5.63. The van der Waals surface area contributed by atoms with E-state index in [1.807, 2.05) is 26.0 Å². The maximum Gasteiger partial charge on any atom is 0.329 e. The SMILES string of the molecule is Cc1ccc(C(=O)COC(=O)[C@H](C)N2C(=O)[C@H]3CCCC[C@@H]3C2=O)c(C)c1. The van der Waals surface area contributed by atoms with Gasteiger partial charge in [0.05, 0.1) is 11.8 Å². The summed E-state index contributed by atoms with van der Waals surface area (Å²) in [5, 5.41) is 0. The maximum absolute atomic E-state index is 12.6. The molecule has 0 bridgehead atoms. The Kier molecular flexibility index (Phi) is 5.44. The molecule has 6 nitrogen and oxygen atoms in total. The molecule has 2 fully saturated rings. The van der Waals surface area contributed by atoms with Crippen molar-refractivity contribution in [1.82, 2.24) is 4.90 Å². The molecule has 2 aliphatic rings. The first kappa shape index (κ1) is 19.3. The van der Waals surface area contributed by atoms with Crippen molar-refractivity contribution in [2.75, 3.05) is 6.61 Å². The number of hydrogen-bond donors (Lipinski definition) is 0. The van der Waals surface area contributed by atoms with Gasteiger partial charge in [0.15, 0.2) is 6.61 Å². The average Bonchev–Trinajstić information content (AvgIpc) is 2.90. The highest BCUT2D eigenvalue weighted by molar-refractivity contribution is 6.08. The van der Waals surface area contributed by atoms with E-state index < -0.39 is 18.6 Å². The summed E-state index contributed by atoms with van der Waals surface area (Å²) < 4.78 is 5.13. The minimum atomic E-state index is -1.01. The van der Waals surface area contributed by atoms with E-state index in [1.165, 1.54) is 6.92 Å². The van der Waals surface area contributed by atoms with Crippen molar-refractivity contribution in [3.8, 4) is 0 Å². The number of ether oxygens (including phenoxy) is 1. The van der Waals surface area contributed by atoms with Gasteiger partial charge in [0.2, 0.25) is 17.6 Å². The largest absolute Gasteiger partial charge is 0.456 e. The Morgan fingerprint density at radius 3 is 2.26 bits per heavy atom. The smallest absolute Gasteiger partial charge is 0.329 e. The van der Waals surface area contributed by atoms with Gasteiger partial charge in [-0.3, -0.25) is 19.3 Å². The van der Waals surface area contributed by atoms with Gasteiger partial charge in [-0.05, 0) is 39.2 Å². The Hall–Kier alpha value is -2.50. The quantitative estimate of drug-likeness (QED) is 0.451. The van der Waals surface area contributed by atoms with E-state index in [-0.39, 0.29) is 29.4 Å². The zero-order valence-corrected chi connectivity index (χ0v) is 16.0. The number of rotatable bonds is 5. The molecule has 1 heterocycles. The fourth-order valence-electron chi connectivity index (χ4n) is 4.14. The van der Waals surface area contributed by atoms with Gasteiger partial charge in [-0.1, -0.05) is 36.6 Å². The summed E-state index contributed by atoms with van der Waals surface area (Å²) in [4.78, 5) is 50.9. The first-order chi connectivity index (χ1) is 12.8. The van der Waals surface area contributed by atoms with Crippen LogP contribution in [0.2, 0.25) is 0 Å². The number of Topliss-reactive ketones (excluding diaryl/α,β-unsaturated/α-hetero) is 1. The fourth-order valence-corrected chi connectivity index (χ4v) is 4.14. The van der Waals surface area contributed by atoms with Crippen LogP contribution in [0, 0.1) is 25.7 Å². The molecule has 1 saturated carbocycles. The second-order valence-electron chi connectivity index (χ2n) is 7.57. The maximum atomic E-state index is 12.6. The van der Waals surface area contributed by atoms with Crippen LogP contribution in [0.1, 0.15) is 54.1 Å². The van der Waals surface area contributed by atoms with Gasteiger partial charge in [0.25, 0.3) is 0 Å². The number of amides is 2. The van der Waals surface area contributed by atoms with Gasteiger partial charge in [0.1, 0.15) is 6.04 Å². The summed E-state index contributed by atoms with van der Waals surface area (Å²) in [7, 11) is 0. The number of aryl methyl sites for hydroxylation is 2. The van der Waals surface area contributed by atoms with Gasteiger partial charge < -0.3 is 4.74 Å². The Labute approximate surface area is 158 Å². The molecule has 6 heteroatoms. The second kappa shape index (κ2) is 7.62. The Bertz CT molecular complexity index is 776. The summed E-state index contributed by atoms with van der Waals surface area (Å²) in [6.45, 7) is 4.84. The molecule has 3 atom stereocenters. The van der Waals surface area contributed by atoms with Crippen LogP contribution in [0.4, 0.5) is 0 Å². The first-order valence-electron chi connectivity index (χ1n) is 9.45. The van der Waals surface area contributed by atoms with E-state index in [2.05, 4.69) is 0 Å². The minimum Gasteiger partial charge on any atom is -0.456 e. The molecular weight excluding hydrogens is 346 g/mol. The van der Waals surface area contributed by atoms with Crippen LogP contribution in [0.15, 0.2) is 18.2 Å². The molecule has 0 aromatic heterocycles. The average molecular weight is 371 g/mol. The van der Waals surface area contributed by atoms with Crippen molar-refractivity contribution in [3.05, 3.63) is 34.9 Å². The predicted molar refractivity (Wildman–Crippen MR) is 98.0 cm³/mol. The summed E-state index contributed by atoms with van der Waals surface area (Å²) in [5.74, 6) is -2.21. The summed E-state index contributed by atoms with van der Waals surface area (Å²) in [6, 6.07) is 4.42. The number of hydrogen-bond acceptors (Lipinski definition) is 5. The van der Waals surface area contributed by atoms with Crippen LogP contribution >= 0.6 is 0 Å². The normalized spacial score (nSPS) is 23.1. The Morgan fingerprint density at radius 2 is 1.70 bits per heavy atom. The van der Waals surface area contributed by atoms with Crippen molar-refractivity contribution in [1.29, 1.82) is 0 Å². The summed E-state index contributed by atoms with van der Waals surface area (Å²) in [6.07, 6.45) is 3.24. The number of carbonyl (C=O) groups excluding carboxylic acids is 4. The molecule has 1 aromatic carbocycles. The van der Waals surface area contributed by atoms with Crippen LogP contribution in [-0.4, -0.2) is 41.1 Å². The highest BCUT2D eigenvalue weighted by Crippen LogP contribution is 2.38. The van der Waals surface area contributed by atoms with Crippen molar-refractivity contribution < 1.29 is 23.9 Å². The Morgan fingerprint density at radius 1 is 1.11 bits per heavy atom. The van der Waals surface area contributed by atoms with Gasteiger partial charge in [-0.25, -0.2) is 4.79 Å². The van der Waals surface area contributed by atoms with E-state index >= 15 is 0 Å². The van der Waals surface area contributed by atoms with Crippen molar-refractivity contribution in [3.63, 3.8) is 0 Å². The lowest BCUT2D eigenvalue weighted by molar-refractivity contribution is -0.157. The molecule has 0 radical (unpaired) electrons. The molecule has 0 spiro atoms. The lowest BCUT2D eigenvalue weighted by Gasteiger charge is -2.21. The van der Waals surface area contributed by atoms with Crippen LogP contribution in [0.5, 0.6) is 0 Å². The van der Waals surface area contributed by atoms with Crippen LogP contribution in [-0.2, 0) is 19.1 Å². The predicted octanol–water partition coefficient (Wildman–Crippen LogP) is 2.59. The molecule has 27 heavy (non-hydrogen) atoms. The number of nitrogens with zero attached hydrogens (tertiary/aromatic N) is 1. The van der Waals surface area contributed by atoms with Gasteiger partial charge in [0, 0.05) is 5.56 Å². The summed E-state index contributed by atoms with van der Waals surface area (Å²) >= 11 is 0. The van der Waals surface area contributed by atoms with Crippen LogP contribution in [0.25, 0.3) is 0 Å². The van der Waals surface area contributed by atoms with E-state index in [0.29, 0.717) is 18.4 Å². The highest BCUT2D eigenvalue weighted by Gasteiger charge is 2.51. The highest BCUT2D eigenvalue weighted by atomic mass is 16.5. The molecule has 0 N–H and O–H groups in total. The van der Waals surface area contributed by atoms with Gasteiger partial charge in [-0.15, -0.1) is 0 Å². The topological polar surface area (TPSA) is 80.8 Å². The Balaban J connectivity index is 1.63. The number of fused-ring (bicyclic) bond motifs is 1. The molecule has 1 saturated heterocycles. The number of ketones is 1. The number of carbonyl (C=O) groups is 4. The first-order valence-corrected chi connectivity index (χ1v) is 9.45. The van der Waals surface area contributed by atoms with Gasteiger partial charge in [-0.2, -0.15) is 0 Å². The third kappa shape index (κ3) is 3.66. The van der Waals surface area contributed by atoms with E-state index in [0.717, 1.165) is 28.9 Å². The zero-order chi connectivity index (χ0) is 19.7. The van der Waals surface area contributed by atoms with Crippen LogP contribution < -0.4 is 0 Å². The van der Waals surface area contributed by atoms with Gasteiger partial charge >= 0.3 is 5.97 Å². The molecular formula is C21H25NO5. The van der Waals surface area contributed by atoms with E-state index in [1.54, 1.807) is 6.07 Å². The standard InChI is InChI=1S/C21H25NO5/c1-12-8-9-15(13(2)10-12)18(23)11-27-21(26)14(3)22-19(24)16-6-4-5-7-17(16)20(22)25/h8-10,14,16-17H,4-7,11H2,1-3H3/t14-,16-,17-/m0/s1. The third-order valence-electron chi connectivity index (χ3n) is 5.63. The summed E-state index contributed by atoms with van der Waals surface area (Å²) in [5.41, 5.74) is 2.36. The van der Waals surface area contributed by atoms with Crippen molar-refractivity contribution in [2.45, 2.75) is 52.5 Å². The molecule has 1 aliphatic heterocycles. The second-order valence-corrected chi connectivity index (χ2v) is 7.57. The molecule has 3 rings (SSSR count). The molecule has 1 aliphatic carbocycles. The monoisotopic (exact) mass is 371 g/mol. The van der Waals surface area contributed by atoms with Crippen molar-refractivity contribution in [2.24, 2.45) is 11.8 Å². The molecule has 0 unspecified atom stereocenters. The fraction of sp³-hybridized carbons (Fsp3) is 0.524. The zero-order valence-electron chi connectivity index (χ0n) is 16.0. The van der Waals surface area contributed by atoms with Crippen LogP contribution in [0.3, 0.4) is 0 Å². The van der Waals surface area contributed by atoms with Crippen molar-refractivity contribution >= 4 is 23.6 Å². The number of benzene rings is 1. The van der Waals surface area contributed by atoms with E-state index in [4.69, 9.17) is 4.74 Å². The molecule has 1 aromatic rings.